The van der Waals surface area contributed by atoms with E-state index in [0.717, 1.165) is 31.9 Å². The van der Waals surface area contributed by atoms with Crippen molar-refractivity contribution in [2.75, 3.05) is 26.7 Å². The van der Waals surface area contributed by atoms with Gasteiger partial charge in [0, 0.05) is 32.9 Å². The monoisotopic (exact) mass is 196 g/mol. The fourth-order valence-corrected chi connectivity index (χ4v) is 1.20. The third kappa shape index (κ3) is 3.89. The van der Waals surface area contributed by atoms with Gasteiger partial charge in [0.15, 0.2) is 0 Å². The topological polar surface area (TPSA) is 33.1 Å². The van der Waals surface area contributed by atoms with Crippen molar-refractivity contribution in [1.29, 1.82) is 0 Å². The van der Waals surface area contributed by atoms with Gasteiger partial charge in [-0.1, -0.05) is 6.92 Å². The van der Waals surface area contributed by atoms with Crippen LogP contribution < -0.4 is 5.32 Å². The third-order valence-electron chi connectivity index (χ3n) is 2.27. The first kappa shape index (κ1) is 11.2. The molecule has 80 valence electrons. The van der Waals surface area contributed by atoms with E-state index < -0.39 is 0 Å². The lowest BCUT2D eigenvalue weighted by atomic mass is 10.4. The SMILES string of the molecule is CCN(C)CCNCc1cn(C)cn1. The number of likely N-dealkylation sites (N-methyl/N-ethyl adjacent to an activating group) is 1. The Bertz CT molecular complexity index is 256. The minimum atomic E-state index is 0.860. The van der Waals surface area contributed by atoms with Gasteiger partial charge in [-0.15, -0.1) is 0 Å². The summed E-state index contributed by atoms with van der Waals surface area (Å²) in [5, 5.41) is 3.36. The Balaban J connectivity index is 2.10. The molecule has 0 aliphatic rings. The zero-order valence-electron chi connectivity index (χ0n) is 9.32. The molecule has 0 saturated carbocycles. The maximum atomic E-state index is 4.24. The fraction of sp³-hybridized carbons (Fsp3) is 0.700. The summed E-state index contributed by atoms with van der Waals surface area (Å²) in [4.78, 5) is 6.52. The van der Waals surface area contributed by atoms with Gasteiger partial charge < -0.3 is 14.8 Å². The molecule has 4 heteroatoms. The van der Waals surface area contributed by atoms with Crippen molar-refractivity contribution in [3.63, 3.8) is 0 Å². The van der Waals surface area contributed by atoms with Crippen molar-refractivity contribution in [3.8, 4) is 0 Å². The van der Waals surface area contributed by atoms with Crippen LogP contribution in [0.5, 0.6) is 0 Å². The van der Waals surface area contributed by atoms with E-state index in [1.165, 1.54) is 0 Å². The third-order valence-corrected chi connectivity index (χ3v) is 2.27. The molecule has 0 radical (unpaired) electrons. The Kier molecular flexibility index (Phi) is 4.62. The second-order valence-corrected chi connectivity index (χ2v) is 3.60. The van der Waals surface area contributed by atoms with Gasteiger partial charge in [0.2, 0.25) is 0 Å². The summed E-state index contributed by atoms with van der Waals surface area (Å²) in [6, 6.07) is 0. The fourth-order valence-electron chi connectivity index (χ4n) is 1.20. The summed E-state index contributed by atoms with van der Waals surface area (Å²) in [6.07, 6.45) is 3.87. The van der Waals surface area contributed by atoms with Crippen molar-refractivity contribution in [1.82, 2.24) is 19.8 Å². The van der Waals surface area contributed by atoms with Crippen molar-refractivity contribution in [2.24, 2.45) is 7.05 Å². The molecule has 0 unspecified atom stereocenters. The van der Waals surface area contributed by atoms with Crippen LogP contribution in [0.25, 0.3) is 0 Å². The summed E-state index contributed by atoms with van der Waals surface area (Å²) in [5.74, 6) is 0. The average molecular weight is 196 g/mol. The highest BCUT2D eigenvalue weighted by Gasteiger charge is 1.96. The van der Waals surface area contributed by atoms with Crippen LogP contribution in [0.2, 0.25) is 0 Å². The van der Waals surface area contributed by atoms with Crippen molar-refractivity contribution in [2.45, 2.75) is 13.5 Å². The lowest BCUT2D eigenvalue weighted by Gasteiger charge is -2.13. The first-order chi connectivity index (χ1) is 6.72. The second-order valence-electron chi connectivity index (χ2n) is 3.60. The summed E-state index contributed by atoms with van der Waals surface area (Å²) in [5.41, 5.74) is 1.10. The van der Waals surface area contributed by atoms with Crippen molar-refractivity contribution < 1.29 is 0 Å². The lowest BCUT2D eigenvalue weighted by molar-refractivity contribution is 0.348. The molecule has 0 aromatic carbocycles. The number of hydrogen-bond acceptors (Lipinski definition) is 3. The normalized spacial score (nSPS) is 11.1. The highest BCUT2D eigenvalue weighted by molar-refractivity contribution is 4.95. The molecule has 1 rings (SSSR count). The molecule has 1 aromatic rings. The van der Waals surface area contributed by atoms with Crippen LogP contribution in [-0.2, 0) is 13.6 Å². The second kappa shape index (κ2) is 5.78. The van der Waals surface area contributed by atoms with Crippen LogP contribution in [0.15, 0.2) is 12.5 Å². The first-order valence-electron chi connectivity index (χ1n) is 5.08. The molecular formula is C10H20N4. The molecular weight excluding hydrogens is 176 g/mol. The Morgan fingerprint density at radius 1 is 1.57 bits per heavy atom. The zero-order valence-corrected chi connectivity index (χ0v) is 9.32. The van der Waals surface area contributed by atoms with E-state index in [-0.39, 0.29) is 0 Å². The molecule has 0 fully saturated rings. The van der Waals surface area contributed by atoms with Gasteiger partial charge in [-0.25, -0.2) is 4.98 Å². The molecule has 1 N–H and O–H groups in total. The van der Waals surface area contributed by atoms with Gasteiger partial charge in [-0.2, -0.15) is 0 Å². The minimum Gasteiger partial charge on any atom is -0.340 e. The van der Waals surface area contributed by atoms with E-state index >= 15 is 0 Å². The molecule has 14 heavy (non-hydrogen) atoms. The highest BCUT2D eigenvalue weighted by atomic mass is 15.1. The van der Waals surface area contributed by atoms with E-state index in [9.17, 15) is 0 Å². The summed E-state index contributed by atoms with van der Waals surface area (Å²) in [6.45, 7) is 6.23. The molecule has 0 aliphatic heterocycles. The van der Waals surface area contributed by atoms with Gasteiger partial charge in [0.05, 0.1) is 12.0 Å². The predicted molar refractivity (Wildman–Crippen MR) is 58.1 cm³/mol. The van der Waals surface area contributed by atoms with E-state index in [1.807, 2.05) is 24.1 Å². The lowest BCUT2D eigenvalue weighted by Crippen LogP contribution is -2.28. The van der Waals surface area contributed by atoms with Gasteiger partial charge in [0.25, 0.3) is 0 Å². The minimum absolute atomic E-state index is 0.860. The van der Waals surface area contributed by atoms with E-state index in [0.29, 0.717) is 0 Å². The largest absolute Gasteiger partial charge is 0.340 e. The number of nitrogens with zero attached hydrogens (tertiary/aromatic N) is 3. The Labute approximate surface area is 85.9 Å². The quantitative estimate of drug-likeness (QED) is 0.671. The molecule has 0 spiro atoms. The average Bonchev–Trinajstić information content (AvgIpc) is 2.58. The number of imidazole rings is 1. The van der Waals surface area contributed by atoms with Crippen LogP contribution in [0.4, 0.5) is 0 Å². The molecule has 4 nitrogen and oxygen atoms in total. The highest BCUT2D eigenvalue weighted by Crippen LogP contribution is 1.92. The molecule has 1 heterocycles. The molecule has 0 atom stereocenters. The number of rotatable bonds is 6. The standard InChI is InChI=1S/C10H20N4/c1-4-13(2)6-5-11-7-10-8-14(3)9-12-10/h8-9,11H,4-7H2,1-3H3. The van der Waals surface area contributed by atoms with Crippen LogP contribution >= 0.6 is 0 Å². The number of hydrogen-bond donors (Lipinski definition) is 1. The van der Waals surface area contributed by atoms with Crippen molar-refractivity contribution in [3.05, 3.63) is 18.2 Å². The first-order valence-corrected chi connectivity index (χ1v) is 5.08. The van der Waals surface area contributed by atoms with Gasteiger partial charge in [0.1, 0.15) is 0 Å². The van der Waals surface area contributed by atoms with Crippen LogP contribution in [-0.4, -0.2) is 41.1 Å². The summed E-state index contributed by atoms with van der Waals surface area (Å²) >= 11 is 0. The molecule has 0 aliphatic carbocycles. The number of nitrogens with one attached hydrogen (secondary N) is 1. The number of aryl methyl sites for hydroxylation is 1. The van der Waals surface area contributed by atoms with Crippen LogP contribution in [0.3, 0.4) is 0 Å². The van der Waals surface area contributed by atoms with Crippen molar-refractivity contribution >= 4 is 0 Å². The maximum Gasteiger partial charge on any atom is 0.0947 e. The predicted octanol–water partition coefficient (Wildman–Crippen LogP) is 0.461. The van der Waals surface area contributed by atoms with E-state index in [1.54, 1.807) is 0 Å². The van der Waals surface area contributed by atoms with Crippen LogP contribution in [0, 0.1) is 0 Å². The summed E-state index contributed by atoms with van der Waals surface area (Å²) < 4.78 is 1.97. The Morgan fingerprint density at radius 3 is 2.93 bits per heavy atom. The molecule has 0 amide bonds. The Morgan fingerprint density at radius 2 is 2.36 bits per heavy atom. The number of aromatic nitrogens is 2. The Hall–Kier alpha value is -0.870. The maximum absolute atomic E-state index is 4.24. The van der Waals surface area contributed by atoms with E-state index in [4.69, 9.17) is 0 Å². The van der Waals surface area contributed by atoms with Gasteiger partial charge in [-0.3, -0.25) is 0 Å². The van der Waals surface area contributed by atoms with Crippen LogP contribution in [0.1, 0.15) is 12.6 Å². The van der Waals surface area contributed by atoms with Gasteiger partial charge in [-0.05, 0) is 13.6 Å². The van der Waals surface area contributed by atoms with E-state index in [2.05, 4.69) is 29.2 Å². The molecule has 1 aromatic heterocycles. The smallest absolute Gasteiger partial charge is 0.0947 e. The molecule has 0 bridgehead atoms. The summed E-state index contributed by atoms with van der Waals surface area (Å²) in [7, 11) is 4.11. The zero-order chi connectivity index (χ0) is 10.4. The molecule has 0 saturated heterocycles. The van der Waals surface area contributed by atoms with Gasteiger partial charge >= 0.3 is 0 Å².